The Kier molecular flexibility index (Phi) is 3.43. The molecule has 21 heavy (non-hydrogen) atoms. The summed E-state index contributed by atoms with van der Waals surface area (Å²) in [5, 5.41) is 12.7. The van der Waals surface area contributed by atoms with Gasteiger partial charge in [0, 0.05) is 19.3 Å². The lowest BCUT2D eigenvalue weighted by atomic mass is 10.00. The van der Waals surface area contributed by atoms with E-state index in [0.29, 0.717) is 13.1 Å². The molecule has 0 unspecified atom stereocenters. The summed E-state index contributed by atoms with van der Waals surface area (Å²) < 4.78 is 1.26. The van der Waals surface area contributed by atoms with Crippen molar-refractivity contribution in [2.45, 2.75) is 19.5 Å². The van der Waals surface area contributed by atoms with Gasteiger partial charge in [-0.05, 0) is 23.6 Å². The summed E-state index contributed by atoms with van der Waals surface area (Å²) in [4.78, 5) is 24.8. The van der Waals surface area contributed by atoms with Crippen LogP contribution in [-0.4, -0.2) is 38.2 Å². The van der Waals surface area contributed by atoms with Crippen molar-refractivity contribution in [3.8, 4) is 0 Å². The van der Waals surface area contributed by atoms with Crippen molar-refractivity contribution >= 4 is 11.9 Å². The highest BCUT2D eigenvalue weighted by molar-refractivity contribution is 5.92. The number of hydrogen-bond acceptors (Lipinski definition) is 3. The van der Waals surface area contributed by atoms with Crippen molar-refractivity contribution < 1.29 is 14.7 Å². The molecule has 0 saturated carbocycles. The van der Waals surface area contributed by atoms with Gasteiger partial charge >= 0.3 is 5.97 Å². The smallest absolute Gasteiger partial charge is 0.325 e. The largest absolute Gasteiger partial charge is 0.480 e. The van der Waals surface area contributed by atoms with Crippen LogP contribution in [0, 0.1) is 0 Å². The molecule has 2 heterocycles. The first-order valence-electron chi connectivity index (χ1n) is 6.75. The van der Waals surface area contributed by atoms with E-state index < -0.39 is 5.97 Å². The topological polar surface area (TPSA) is 75.4 Å². The third-order valence-electron chi connectivity index (χ3n) is 3.57. The van der Waals surface area contributed by atoms with Gasteiger partial charge in [0.25, 0.3) is 5.91 Å². The Labute approximate surface area is 121 Å². The van der Waals surface area contributed by atoms with E-state index >= 15 is 0 Å². The van der Waals surface area contributed by atoms with Gasteiger partial charge < -0.3 is 10.0 Å². The van der Waals surface area contributed by atoms with Crippen molar-refractivity contribution in [2.24, 2.45) is 0 Å². The molecule has 0 saturated heterocycles. The molecule has 108 valence electrons. The highest BCUT2D eigenvalue weighted by Gasteiger charge is 2.23. The van der Waals surface area contributed by atoms with Gasteiger partial charge in [-0.1, -0.05) is 24.3 Å². The van der Waals surface area contributed by atoms with Crippen LogP contribution in [0.2, 0.25) is 0 Å². The molecule has 0 bridgehead atoms. The third-order valence-corrected chi connectivity index (χ3v) is 3.57. The number of amides is 1. The standard InChI is InChI=1S/C15H15N3O3/c19-14(20)10-18-8-6-13(16-18)15(21)17-7-5-11-3-1-2-4-12(11)9-17/h1-4,6,8H,5,7,9-10H2,(H,19,20). The van der Waals surface area contributed by atoms with Crippen LogP contribution in [-0.2, 0) is 24.3 Å². The van der Waals surface area contributed by atoms with Gasteiger partial charge in [0.15, 0.2) is 0 Å². The lowest BCUT2D eigenvalue weighted by molar-refractivity contribution is -0.137. The summed E-state index contributed by atoms with van der Waals surface area (Å²) >= 11 is 0. The Morgan fingerprint density at radius 3 is 2.71 bits per heavy atom. The molecule has 6 heteroatoms. The predicted molar refractivity (Wildman–Crippen MR) is 74.7 cm³/mol. The predicted octanol–water partition coefficient (Wildman–Crippen LogP) is 1.17. The quantitative estimate of drug-likeness (QED) is 0.918. The second-order valence-corrected chi connectivity index (χ2v) is 5.04. The fraction of sp³-hybridized carbons (Fsp3) is 0.267. The number of carboxylic acids is 1. The number of carbonyl (C=O) groups is 2. The number of carbonyl (C=O) groups excluding carboxylic acids is 1. The van der Waals surface area contributed by atoms with Crippen LogP contribution in [0.3, 0.4) is 0 Å². The minimum absolute atomic E-state index is 0.159. The number of aliphatic carboxylic acids is 1. The molecule has 1 aromatic carbocycles. The average Bonchev–Trinajstić information content (AvgIpc) is 2.93. The molecule has 6 nitrogen and oxygen atoms in total. The maximum atomic E-state index is 12.4. The maximum Gasteiger partial charge on any atom is 0.325 e. The van der Waals surface area contributed by atoms with Crippen LogP contribution in [0.1, 0.15) is 21.6 Å². The van der Waals surface area contributed by atoms with Crippen molar-refractivity contribution in [1.82, 2.24) is 14.7 Å². The molecule has 2 aromatic rings. The number of carboxylic acid groups (broad SMARTS) is 1. The molecule has 0 aliphatic carbocycles. The second kappa shape index (κ2) is 5.40. The molecular weight excluding hydrogens is 270 g/mol. The molecule has 1 aliphatic heterocycles. The van der Waals surface area contributed by atoms with Crippen LogP contribution >= 0.6 is 0 Å². The first-order chi connectivity index (χ1) is 10.1. The molecule has 0 spiro atoms. The van der Waals surface area contributed by atoms with Crippen molar-refractivity contribution in [3.63, 3.8) is 0 Å². The van der Waals surface area contributed by atoms with E-state index in [1.54, 1.807) is 11.0 Å². The van der Waals surface area contributed by atoms with E-state index in [-0.39, 0.29) is 18.1 Å². The summed E-state index contributed by atoms with van der Waals surface area (Å²) in [6.07, 6.45) is 2.34. The fourth-order valence-corrected chi connectivity index (χ4v) is 2.53. The van der Waals surface area contributed by atoms with Crippen molar-refractivity contribution in [3.05, 3.63) is 53.3 Å². The SMILES string of the molecule is O=C(O)Cn1ccc(C(=O)N2CCc3ccccc3C2)n1. The maximum absolute atomic E-state index is 12.4. The zero-order valence-electron chi connectivity index (χ0n) is 11.4. The lowest BCUT2D eigenvalue weighted by Gasteiger charge is -2.28. The van der Waals surface area contributed by atoms with Gasteiger partial charge in [-0.15, -0.1) is 0 Å². The molecule has 3 rings (SSSR count). The summed E-state index contributed by atoms with van der Waals surface area (Å²) in [5.74, 6) is -1.14. The van der Waals surface area contributed by atoms with E-state index in [0.717, 1.165) is 12.0 Å². The first kappa shape index (κ1) is 13.4. The monoisotopic (exact) mass is 285 g/mol. The Bertz CT molecular complexity index is 693. The second-order valence-electron chi connectivity index (χ2n) is 5.04. The van der Waals surface area contributed by atoms with E-state index in [1.807, 2.05) is 18.2 Å². The van der Waals surface area contributed by atoms with Crippen LogP contribution in [0.5, 0.6) is 0 Å². The van der Waals surface area contributed by atoms with Gasteiger partial charge in [-0.25, -0.2) is 0 Å². The zero-order valence-corrected chi connectivity index (χ0v) is 11.4. The van der Waals surface area contributed by atoms with Gasteiger partial charge in [0.1, 0.15) is 12.2 Å². The number of nitrogens with zero attached hydrogens (tertiary/aromatic N) is 3. The molecule has 0 atom stereocenters. The van der Waals surface area contributed by atoms with Crippen molar-refractivity contribution in [2.75, 3.05) is 6.54 Å². The van der Waals surface area contributed by atoms with Crippen molar-refractivity contribution in [1.29, 1.82) is 0 Å². The number of fused-ring (bicyclic) bond motifs is 1. The molecule has 1 N–H and O–H groups in total. The summed E-state index contributed by atoms with van der Waals surface area (Å²) in [6, 6.07) is 9.64. The van der Waals surface area contributed by atoms with E-state index in [2.05, 4.69) is 11.2 Å². The van der Waals surface area contributed by atoms with Crippen LogP contribution in [0.25, 0.3) is 0 Å². The van der Waals surface area contributed by atoms with Gasteiger partial charge in [0.2, 0.25) is 0 Å². The average molecular weight is 285 g/mol. The highest BCUT2D eigenvalue weighted by atomic mass is 16.4. The third kappa shape index (κ3) is 2.79. The number of rotatable bonds is 3. The Balaban J connectivity index is 1.74. The molecule has 0 radical (unpaired) electrons. The summed E-state index contributed by atoms with van der Waals surface area (Å²) in [5.41, 5.74) is 2.72. The number of benzene rings is 1. The Hall–Kier alpha value is -2.63. The minimum Gasteiger partial charge on any atom is -0.480 e. The first-order valence-corrected chi connectivity index (χ1v) is 6.75. The lowest BCUT2D eigenvalue weighted by Crippen LogP contribution is -2.36. The van der Waals surface area contributed by atoms with Gasteiger partial charge in [-0.2, -0.15) is 5.10 Å². The van der Waals surface area contributed by atoms with E-state index in [9.17, 15) is 9.59 Å². The highest BCUT2D eigenvalue weighted by Crippen LogP contribution is 2.19. The normalized spacial score (nSPS) is 13.8. The molecule has 1 aromatic heterocycles. The number of aromatic nitrogens is 2. The summed E-state index contributed by atoms with van der Waals surface area (Å²) in [7, 11) is 0. The molecule has 0 fully saturated rings. The van der Waals surface area contributed by atoms with Crippen LogP contribution in [0.4, 0.5) is 0 Å². The summed E-state index contributed by atoms with van der Waals surface area (Å²) in [6.45, 7) is 0.985. The van der Waals surface area contributed by atoms with Gasteiger partial charge in [-0.3, -0.25) is 14.3 Å². The van der Waals surface area contributed by atoms with E-state index in [4.69, 9.17) is 5.11 Å². The molecule has 1 aliphatic rings. The Morgan fingerprint density at radius 1 is 1.19 bits per heavy atom. The minimum atomic E-state index is -0.982. The van der Waals surface area contributed by atoms with Crippen LogP contribution in [0.15, 0.2) is 36.5 Å². The molecule has 1 amide bonds. The van der Waals surface area contributed by atoms with Gasteiger partial charge in [0.05, 0.1) is 0 Å². The molecular formula is C15H15N3O3. The fourth-order valence-electron chi connectivity index (χ4n) is 2.53. The number of hydrogen-bond donors (Lipinski definition) is 1. The Morgan fingerprint density at radius 2 is 1.95 bits per heavy atom. The van der Waals surface area contributed by atoms with E-state index in [1.165, 1.54) is 16.4 Å². The van der Waals surface area contributed by atoms with Crippen LogP contribution < -0.4 is 0 Å². The zero-order chi connectivity index (χ0) is 14.8.